The minimum Gasteiger partial charge on any atom is -0.351 e. The maximum Gasteiger partial charge on any atom is 0.279 e. The molecule has 1 aromatic heterocycles. The van der Waals surface area contributed by atoms with Crippen LogP contribution in [0.25, 0.3) is 0 Å². The number of hydroxylamine groups is 1. The van der Waals surface area contributed by atoms with Crippen LogP contribution in [0.1, 0.15) is 10.4 Å². The zero-order valence-corrected chi connectivity index (χ0v) is 11.6. The number of nitrogens with zero attached hydrogens (tertiary/aromatic N) is 1. The molecule has 1 aromatic carbocycles. The van der Waals surface area contributed by atoms with Crippen LogP contribution < -0.4 is 10.8 Å². The standard InChI is InChI=1S/C12H8FIN3O2/c13-9-5-7(14)1-2-10(9)16-11-6-15-4-3-8(11)12(18)17-19/h1-6,16H,(H,17,18). The zero-order valence-electron chi connectivity index (χ0n) is 9.48. The van der Waals surface area contributed by atoms with E-state index >= 15 is 0 Å². The van der Waals surface area contributed by atoms with E-state index in [0.29, 0.717) is 0 Å². The molecule has 5 nitrogen and oxygen atoms in total. The van der Waals surface area contributed by atoms with Crippen molar-refractivity contribution in [1.29, 1.82) is 0 Å². The van der Waals surface area contributed by atoms with Gasteiger partial charge in [-0.3, -0.25) is 9.78 Å². The highest BCUT2D eigenvalue weighted by molar-refractivity contribution is 14.1. The molecule has 1 heterocycles. The average molecular weight is 372 g/mol. The van der Waals surface area contributed by atoms with Gasteiger partial charge < -0.3 is 5.32 Å². The third-order valence-electron chi connectivity index (χ3n) is 2.36. The molecule has 0 saturated heterocycles. The molecule has 7 heteroatoms. The number of aromatic nitrogens is 1. The van der Waals surface area contributed by atoms with Gasteiger partial charge in [-0.1, -0.05) is 5.21 Å². The molecule has 0 saturated carbocycles. The fourth-order valence-corrected chi connectivity index (χ4v) is 1.94. The summed E-state index contributed by atoms with van der Waals surface area (Å²) in [6.45, 7) is 0. The van der Waals surface area contributed by atoms with Crippen LogP contribution in [-0.4, -0.2) is 10.9 Å². The highest BCUT2D eigenvalue weighted by Crippen LogP contribution is 2.23. The molecule has 0 bridgehead atoms. The number of hydrogen-bond acceptors (Lipinski definition) is 3. The van der Waals surface area contributed by atoms with Gasteiger partial charge in [-0.15, -0.1) is 0 Å². The number of hydrogen-bond donors (Lipinski definition) is 2. The van der Waals surface area contributed by atoms with Crippen molar-refractivity contribution in [3.63, 3.8) is 0 Å². The van der Waals surface area contributed by atoms with Gasteiger partial charge in [0.15, 0.2) is 0 Å². The van der Waals surface area contributed by atoms with Gasteiger partial charge in [0, 0.05) is 9.77 Å². The Labute approximate surface area is 122 Å². The van der Waals surface area contributed by atoms with Crippen LogP contribution >= 0.6 is 22.6 Å². The first kappa shape index (κ1) is 13.7. The van der Waals surface area contributed by atoms with Crippen molar-refractivity contribution in [3.05, 3.63) is 51.6 Å². The summed E-state index contributed by atoms with van der Waals surface area (Å²) < 4.78 is 14.5. The predicted molar refractivity (Wildman–Crippen MR) is 74.8 cm³/mol. The van der Waals surface area contributed by atoms with Crippen LogP contribution in [0, 0.1) is 9.39 Å². The maximum atomic E-state index is 13.7. The van der Waals surface area contributed by atoms with Gasteiger partial charge in [0.25, 0.3) is 5.91 Å². The fraction of sp³-hybridized carbons (Fsp3) is 0. The van der Waals surface area contributed by atoms with Crippen molar-refractivity contribution < 1.29 is 14.4 Å². The SMILES string of the molecule is [O]NC(=O)c1ccncc1Nc1ccc(I)cc1F. The van der Waals surface area contributed by atoms with Crippen LogP contribution in [0.3, 0.4) is 0 Å². The van der Waals surface area contributed by atoms with Crippen LogP contribution in [0.15, 0.2) is 36.7 Å². The number of anilines is 2. The largest absolute Gasteiger partial charge is 0.351 e. The van der Waals surface area contributed by atoms with Crippen molar-refractivity contribution >= 4 is 39.9 Å². The molecule has 97 valence electrons. The number of halogens is 2. The first-order chi connectivity index (χ1) is 9.11. The highest BCUT2D eigenvalue weighted by atomic mass is 127. The average Bonchev–Trinajstić information content (AvgIpc) is 2.41. The van der Waals surface area contributed by atoms with E-state index in [2.05, 4.69) is 10.3 Å². The van der Waals surface area contributed by atoms with Gasteiger partial charge >= 0.3 is 0 Å². The molecule has 0 aliphatic rings. The molecular weight excluding hydrogens is 364 g/mol. The second-order valence-corrected chi connectivity index (χ2v) is 4.85. The summed E-state index contributed by atoms with van der Waals surface area (Å²) in [6, 6.07) is 5.99. The summed E-state index contributed by atoms with van der Waals surface area (Å²) in [7, 11) is 0. The lowest BCUT2D eigenvalue weighted by Crippen LogP contribution is -2.18. The number of benzene rings is 1. The molecule has 0 fully saturated rings. The van der Waals surface area contributed by atoms with E-state index in [0.717, 1.165) is 3.57 Å². The quantitative estimate of drug-likeness (QED) is 0.643. The Morgan fingerprint density at radius 2 is 2.05 bits per heavy atom. The first-order valence-electron chi connectivity index (χ1n) is 5.20. The van der Waals surface area contributed by atoms with Gasteiger partial charge in [-0.2, -0.15) is 5.48 Å². The molecule has 0 aliphatic heterocycles. The fourth-order valence-electron chi connectivity index (χ4n) is 1.48. The van der Waals surface area contributed by atoms with Crippen molar-refractivity contribution in [2.75, 3.05) is 5.32 Å². The highest BCUT2D eigenvalue weighted by Gasteiger charge is 2.12. The van der Waals surface area contributed by atoms with E-state index in [-0.39, 0.29) is 16.9 Å². The molecule has 19 heavy (non-hydrogen) atoms. The third-order valence-corrected chi connectivity index (χ3v) is 3.03. The molecule has 0 atom stereocenters. The number of nitrogens with one attached hydrogen (secondary N) is 2. The van der Waals surface area contributed by atoms with Crippen molar-refractivity contribution in [3.8, 4) is 0 Å². The first-order valence-corrected chi connectivity index (χ1v) is 6.28. The van der Waals surface area contributed by atoms with E-state index in [9.17, 15) is 14.4 Å². The normalized spacial score (nSPS) is 10.1. The molecule has 0 spiro atoms. The smallest absolute Gasteiger partial charge is 0.279 e. The Morgan fingerprint density at radius 1 is 1.26 bits per heavy atom. The maximum absolute atomic E-state index is 13.7. The van der Waals surface area contributed by atoms with Crippen LogP contribution in [0.4, 0.5) is 15.8 Å². The zero-order chi connectivity index (χ0) is 13.8. The minimum absolute atomic E-state index is 0.1000. The lowest BCUT2D eigenvalue weighted by molar-refractivity contribution is 0.0465. The number of amides is 1. The minimum atomic E-state index is -0.809. The summed E-state index contributed by atoms with van der Waals surface area (Å²) in [4.78, 5) is 15.2. The number of carbonyl (C=O) groups is 1. The topological polar surface area (TPSA) is 73.9 Å². The van der Waals surface area contributed by atoms with Gasteiger partial charge in [0.05, 0.1) is 23.1 Å². The second kappa shape index (κ2) is 5.93. The molecule has 0 unspecified atom stereocenters. The summed E-state index contributed by atoms with van der Waals surface area (Å²) in [6.07, 6.45) is 2.72. The lowest BCUT2D eigenvalue weighted by Gasteiger charge is -2.10. The Kier molecular flexibility index (Phi) is 4.27. The summed E-state index contributed by atoms with van der Waals surface area (Å²) >= 11 is 1.99. The van der Waals surface area contributed by atoms with E-state index in [1.165, 1.54) is 30.0 Å². The number of carbonyl (C=O) groups excluding carboxylic acids is 1. The van der Waals surface area contributed by atoms with E-state index in [1.807, 2.05) is 22.6 Å². The molecule has 1 amide bonds. The lowest BCUT2D eigenvalue weighted by atomic mass is 10.2. The Hall–Kier alpha value is -1.74. The number of rotatable bonds is 3. The Bertz CT molecular complexity index is 622. The van der Waals surface area contributed by atoms with Crippen molar-refractivity contribution in [1.82, 2.24) is 10.5 Å². The van der Waals surface area contributed by atoms with Crippen LogP contribution in [-0.2, 0) is 5.21 Å². The van der Waals surface area contributed by atoms with Crippen LogP contribution in [0.5, 0.6) is 0 Å². The van der Waals surface area contributed by atoms with E-state index < -0.39 is 11.7 Å². The Morgan fingerprint density at radius 3 is 2.74 bits per heavy atom. The molecule has 2 rings (SSSR count). The predicted octanol–water partition coefficient (Wildman–Crippen LogP) is 2.64. The summed E-state index contributed by atoms with van der Waals surface area (Å²) in [5, 5.41) is 13.2. The van der Waals surface area contributed by atoms with Gasteiger partial charge in [-0.05, 0) is 46.9 Å². The summed E-state index contributed by atoms with van der Waals surface area (Å²) in [5.41, 5.74) is 1.84. The van der Waals surface area contributed by atoms with Gasteiger partial charge in [0.2, 0.25) is 0 Å². The molecule has 1 radical (unpaired) electrons. The third kappa shape index (κ3) is 3.18. The van der Waals surface area contributed by atoms with Crippen molar-refractivity contribution in [2.45, 2.75) is 0 Å². The molecular formula is C12H8FIN3O2. The monoisotopic (exact) mass is 372 g/mol. The summed E-state index contributed by atoms with van der Waals surface area (Å²) in [5.74, 6) is -1.26. The molecule has 2 N–H and O–H groups in total. The van der Waals surface area contributed by atoms with Gasteiger partial charge in [0.1, 0.15) is 5.82 Å². The number of pyridine rings is 1. The van der Waals surface area contributed by atoms with E-state index in [4.69, 9.17) is 0 Å². The Balaban J connectivity index is 2.35. The molecule has 2 aromatic rings. The van der Waals surface area contributed by atoms with E-state index in [1.54, 1.807) is 12.1 Å². The van der Waals surface area contributed by atoms with Crippen LogP contribution in [0.2, 0.25) is 0 Å². The second-order valence-electron chi connectivity index (χ2n) is 3.60. The molecule has 0 aliphatic carbocycles. The van der Waals surface area contributed by atoms with Gasteiger partial charge in [-0.25, -0.2) is 4.39 Å². The van der Waals surface area contributed by atoms with Crippen molar-refractivity contribution in [2.24, 2.45) is 0 Å².